The molecule has 2 nitrogen and oxygen atoms in total. The Bertz CT molecular complexity index is 828. The van der Waals surface area contributed by atoms with E-state index in [4.69, 9.17) is 28.9 Å². The molecule has 0 aliphatic carbocycles. The van der Waals surface area contributed by atoms with Crippen molar-refractivity contribution in [1.82, 2.24) is 4.98 Å². The molecular formula is C18H13Cl2FN2. The molecule has 0 fully saturated rings. The van der Waals surface area contributed by atoms with Gasteiger partial charge in [0.1, 0.15) is 11.6 Å². The van der Waals surface area contributed by atoms with Gasteiger partial charge in [-0.3, -0.25) is 0 Å². The highest BCUT2D eigenvalue weighted by molar-refractivity contribution is 6.36. The molecule has 5 heteroatoms. The van der Waals surface area contributed by atoms with Gasteiger partial charge in [0.2, 0.25) is 0 Å². The molecule has 0 aliphatic heterocycles. The fraction of sp³-hybridized carbons (Fsp3) is 0.0556. The van der Waals surface area contributed by atoms with E-state index in [9.17, 15) is 4.39 Å². The van der Waals surface area contributed by atoms with Gasteiger partial charge >= 0.3 is 0 Å². The summed E-state index contributed by atoms with van der Waals surface area (Å²) in [5.41, 5.74) is 9.37. The zero-order valence-electron chi connectivity index (χ0n) is 12.1. The Morgan fingerprint density at radius 1 is 0.957 bits per heavy atom. The van der Waals surface area contributed by atoms with E-state index in [1.807, 2.05) is 6.07 Å². The topological polar surface area (TPSA) is 38.9 Å². The van der Waals surface area contributed by atoms with E-state index in [1.165, 1.54) is 12.1 Å². The van der Waals surface area contributed by atoms with Crippen molar-refractivity contribution in [2.45, 2.75) is 6.42 Å². The highest BCUT2D eigenvalue weighted by Crippen LogP contribution is 2.33. The predicted octanol–water partition coefficient (Wildman–Crippen LogP) is 5.37. The minimum Gasteiger partial charge on any atom is -0.383 e. The fourth-order valence-electron chi connectivity index (χ4n) is 2.51. The molecule has 3 aromatic rings. The molecule has 0 aliphatic rings. The van der Waals surface area contributed by atoms with Crippen LogP contribution in [0.4, 0.5) is 10.2 Å². The molecule has 116 valence electrons. The second kappa shape index (κ2) is 6.57. The third-order valence-corrected chi connectivity index (χ3v) is 4.34. The van der Waals surface area contributed by atoms with Crippen LogP contribution in [-0.2, 0) is 6.42 Å². The van der Waals surface area contributed by atoms with Gasteiger partial charge in [0.15, 0.2) is 0 Å². The van der Waals surface area contributed by atoms with Crippen LogP contribution in [0.5, 0.6) is 0 Å². The minimum absolute atomic E-state index is 0.299. The van der Waals surface area contributed by atoms with Crippen molar-refractivity contribution < 1.29 is 4.39 Å². The number of nitrogens with zero attached hydrogens (tertiary/aromatic N) is 1. The summed E-state index contributed by atoms with van der Waals surface area (Å²) < 4.78 is 13.2. The van der Waals surface area contributed by atoms with Crippen molar-refractivity contribution in [2.75, 3.05) is 5.73 Å². The standard InChI is InChI=1S/C18H13Cl2FN2/c19-15-2-1-3-16(20)14(15)10-12-8-9-23-18(22)17(12)11-4-6-13(21)7-5-11/h1-9H,10H2,(H2,22,23). The molecule has 3 rings (SSSR count). The summed E-state index contributed by atoms with van der Waals surface area (Å²) in [6.07, 6.45) is 2.15. The number of nitrogens with two attached hydrogens (primary N) is 1. The second-order valence-electron chi connectivity index (χ2n) is 5.11. The summed E-state index contributed by atoms with van der Waals surface area (Å²) in [5.74, 6) is 0.0872. The summed E-state index contributed by atoms with van der Waals surface area (Å²) in [4.78, 5) is 4.14. The molecule has 0 saturated carbocycles. The van der Waals surface area contributed by atoms with Crippen LogP contribution in [-0.4, -0.2) is 4.98 Å². The Labute approximate surface area is 143 Å². The van der Waals surface area contributed by atoms with Gasteiger partial charge < -0.3 is 5.73 Å². The van der Waals surface area contributed by atoms with Crippen molar-refractivity contribution in [1.29, 1.82) is 0 Å². The fourth-order valence-corrected chi connectivity index (χ4v) is 3.04. The van der Waals surface area contributed by atoms with Gasteiger partial charge in [0.25, 0.3) is 0 Å². The Hall–Kier alpha value is -2.10. The Kier molecular flexibility index (Phi) is 4.51. The minimum atomic E-state index is -0.299. The van der Waals surface area contributed by atoms with Crippen molar-refractivity contribution in [3.05, 3.63) is 81.7 Å². The van der Waals surface area contributed by atoms with Gasteiger partial charge in [-0.1, -0.05) is 41.4 Å². The van der Waals surface area contributed by atoms with Gasteiger partial charge in [-0.05, 0) is 47.0 Å². The molecule has 2 aromatic carbocycles. The average Bonchev–Trinajstić information content (AvgIpc) is 2.52. The number of pyridine rings is 1. The van der Waals surface area contributed by atoms with E-state index in [-0.39, 0.29) is 5.82 Å². The van der Waals surface area contributed by atoms with Crippen LogP contribution >= 0.6 is 23.2 Å². The van der Waals surface area contributed by atoms with Gasteiger partial charge in [-0.2, -0.15) is 0 Å². The summed E-state index contributed by atoms with van der Waals surface area (Å²) in [6.45, 7) is 0. The zero-order chi connectivity index (χ0) is 16.4. The number of anilines is 1. The highest BCUT2D eigenvalue weighted by atomic mass is 35.5. The number of benzene rings is 2. The monoisotopic (exact) mass is 346 g/mol. The Morgan fingerprint density at radius 2 is 1.61 bits per heavy atom. The highest BCUT2D eigenvalue weighted by Gasteiger charge is 2.14. The first kappa shape index (κ1) is 15.8. The van der Waals surface area contributed by atoms with Gasteiger partial charge in [0, 0.05) is 28.2 Å². The van der Waals surface area contributed by atoms with Crippen LogP contribution in [0.15, 0.2) is 54.7 Å². The smallest absolute Gasteiger partial charge is 0.131 e. The van der Waals surface area contributed by atoms with Gasteiger partial charge in [0.05, 0.1) is 0 Å². The van der Waals surface area contributed by atoms with Crippen molar-refractivity contribution >= 4 is 29.0 Å². The molecule has 1 heterocycles. The third kappa shape index (κ3) is 3.31. The lowest BCUT2D eigenvalue weighted by atomic mass is 9.95. The van der Waals surface area contributed by atoms with Crippen molar-refractivity contribution in [2.24, 2.45) is 0 Å². The summed E-state index contributed by atoms with van der Waals surface area (Å²) in [6, 6.07) is 13.4. The Balaban J connectivity index is 2.10. The molecule has 0 radical (unpaired) electrons. The molecule has 23 heavy (non-hydrogen) atoms. The molecule has 0 unspecified atom stereocenters. The summed E-state index contributed by atoms with van der Waals surface area (Å²) in [5, 5.41) is 1.19. The maximum Gasteiger partial charge on any atom is 0.131 e. The molecular weight excluding hydrogens is 334 g/mol. The van der Waals surface area contributed by atoms with Crippen LogP contribution in [0.3, 0.4) is 0 Å². The first-order valence-corrected chi connectivity index (χ1v) is 7.74. The molecule has 0 amide bonds. The molecule has 2 N–H and O–H groups in total. The van der Waals surface area contributed by atoms with E-state index in [1.54, 1.807) is 36.5 Å². The molecule has 0 saturated heterocycles. The third-order valence-electron chi connectivity index (χ3n) is 3.63. The lowest BCUT2D eigenvalue weighted by molar-refractivity contribution is 0.628. The predicted molar refractivity (Wildman–Crippen MR) is 93.3 cm³/mol. The number of nitrogen functional groups attached to an aromatic ring is 1. The van der Waals surface area contributed by atoms with E-state index in [2.05, 4.69) is 4.98 Å². The van der Waals surface area contributed by atoms with E-state index in [0.717, 1.165) is 22.3 Å². The molecule has 0 atom stereocenters. The summed E-state index contributed by atoms with van der Waals surface area (Å²) in [7, 11) is 0. The quantitative estimate of drug-likeness (QED) is 0.692. The van der Waals surface area contributed by atoms with Crippen LogP contribution in [0.2, 0.25) is 10.0 Å². The van der Waals surface area contributed by atoms with Crippen LogP contribution < -0.4 is 5.73 Å². The van der Waals surface area contributed by atoms with Gasteiger partial charge in [-0.15, -0.1) is 0 Å². The average molecular weight is 347 g/mol. The Morgan fingerprint density at radius 3 is 2.26 bits per heavy atom. The first-order valence-electron chi connectivity index (χ1n) is 6.98. The maximum absolute atomic E-state index is 13.2. The molecule has 0 spiro atoms. The van der Waals surface area contributed by atoms with Crippen LogP contribution in [0.1, 0.15) is 11.1 Å². The lowest BCUT2D eigenvalue weighted by Crippen LogP contribution is -2.01. The van der Waals surface area contributed by atoms with Gasteiger partial charge in [-0.25, -0.2) is 9.37 Å². The van der Waals surface area contributed by atoms with E-state index < -0.39 is 0 Å². The van der Waals surface area contributed by atoms with Crippen molar-refractivity contribution in [3.63, 3.8) is 0 Å². The largest absolute Gasteiger partial charge is 0.383 e. The lowest BCUT2D eigenvalue weighted by Gasteiger charge is -2.13. The maximum atomic E-state index is 13.2. The zero-order valence-corrected chi connectivity index (χ0v) is 13.6. The second-order valence-corrected chi connectivity index (χ2v) is 5.93. The van der Waals surface area contributed by atoms with Crippen LogP contribution in [0.25, 0.3) is 11.1 Å². The SMILES string of the molecule is Nc1nccc(Cc2c(Cl)cccc2Cl)c1-c1ccc(F)cc1. The first-order chi connectivity index (χ1) is 11.1. The normalized spacial score (nSPS) is 10.7. The summed E-state index contributed by atoms with van der Waals surface area (Å²) >= 11 is 12.5. The van der Waals surface area contributed by atoms with Crippen LogP contribution in [0, 0.1) is 5.82 Å². The number of rotatable bonds is 3. The molecule has 1 aromatic heterocycles. The van der Waals surface area contributed by atoms with Crippen molar-refractivity contribution in [3.8, 4) is 11.1 Å². The molecule has 0 bridgehead atoms. The van der Waals surface area contributed by atoms with E-state index >= 15 is 0 Å². The number of halogens is 3. The van der Waals surface area contributed by atoms with E-state index in [0.29, 0.717) is 22.3 Å². The number of aromatic nitrogens is 1. The number of hydrogen-bond donors (Lipinski definition) is 1. The number of hydrogen-bond acceptors (Lipinski definition) is 2.